The number of aryl methyl sites for hydroxylation is 2. The third-order valence-electron chi connectivity index (χ3n) is 3.29. The van der Waals surface area contributed by atoms with Gasteiger partial charge in [0, 0.05) is 9.75 Å². The summed E-state index contributed by atoms with van der Waals surface area (Å²) in [5.41, 5.74) is 8.70. The van der Waals surface area contributed by atoms with Crippen LogP contribution in [0.3, 0.4) is 0 Å². The van der Waals surface area contributed by atoms with Gasteiger partial charge in [0.15, 0.2) is 11.5 Å². The molecule has 1 unspecified atom stereocenters. The molecule has 3 rings (SSSR count). The van der Waals surface area contributed by atoms with Crippen LogP contribution >= 0.6 is 11.3 Å². The van der Waals surface area contributed by atoms with E-state index in [1.165, 1.54) is 15.3 Å². The van der Waals surface area contributed by atoms with Crippen LogP contribution in [-0.4, -0.2) is 13.2 Å². The number of rotatable bonds is 2. The molecule has 0 bridgehead atoms. The molecule has 1 aliphatic rings. The fourth-order valence-electron chi connectivity index (χ4n) is 2.37. The van der Waals surface area contributed by atoms with Gasteiger partial charge in [-0.3, -0.25) is 0 Å². The number of thiophene rings is 1. The van der Waals surface area contributed by atoms with Gasteiger partial charge in [0.25, 0.3) is 0 Å². The Hall–Kier alpha value is -1.52. The SMILES string of the molecule is Cc1cc(C)c(C(N)c2ccc3c(c2)OCCO3)s1. The lowest BCUT2D eigenvalue weighted by Gasteiger charge is -2.20. The molecule has 4 heteroatoms. The van der Waals surface area contributed by atoms with Crippen LogP contribution in [0.5, 0.6) is 11.5 Å². The van der Waals surface area contributed by atoms with Gasteiger partial charge in [-0.1, -0.05) is 6.07 Å². The van der Waals surface area contributed by atoms with Crippen LogP contribution in [0.25, 0.3) is 0 Å². The zero-order chi connectivity index (χ0) is 13.4. The molecule has 0 spiro atoms. The maximum atomic E-state index is 6.38. The van der Waals surface area contributed by atoms with Crippen molar-refractivity contribution >= 4 is 11.3 Å². The fraction of sp³-hybridized carbons (Fsp3) is 0.333. The minimum atomic E-state index is -0.102. The van der Waals surface area contributed by atoms with Crippen molar-refractivity contribution in [3.63, 3.8) is 0 Å². The van der Waals surface area contributed by atoms with Crippen LogP contribution in [0.4, 0.5) is 0 Å². The number of hydrogen-bond acceptors (Lipinski definition) is 4. The summed E-state index contributed by atoms with van der Waals surface area (Å²) in [6.45, 7) is 5.43. The van der Waals surface area contributed by atoms with Crippen LogP contribution in [0.15, 0.2) is 24.3 Å². The summed E-state index contributed by atoms with van der Waals surface area (Å²) in [4.78, 5) is 2.51. The average molecular weight is 275 g/mol. The molecule has 0 aliphatic carbocycles. The fourth-order valence-corrected chi connectivity index (χ4v) is 3.44. The Kier molecular flexibility index (Phi) is 3.21. The molecular formula is C15H17NO2S. The van der Waals surface area contributed by atoms with Crippen molar-refractivity contribution in [2.45, 2.75) is 19.9 Å². The van der Waals surface area contributed by atoms with Crippen molar-refractivity contribution in [3.05, 3.63) is 45.1 Å². The first-order valence-corrected chi connectivity index (χ1v) is 7.19. The maximum absolute atomic E-state index is 6.38. The lowest BCUT2D eigenvalue weighted by Crippen LogP contribution is -2.17. The number of fused-ring (bicyclic) bond motifs is 1. The Morgan fingerprint density at radius 1 is 1.11 bits per heavy atom. The molecule has 100 valence electrons. The van der Waals surface area contributed by atoms with Crippen LogP contribution in [-0.2, 0) is 0 Å². The minimum absolute atomic E-state index is 0.102. The monoisotopic (exact) mass is 275 g/mol. The molecule has 0 saturated carbocycles. The molecule has 19 heavy (non-hydrogen) atoms. The van der Waals surface area contributed by atoms with Gasteiger partial charge in [0.2, 0.25) is 0 Å². The van der Waals surface area contributed by atoms with Gasteiger partial charge >= 0.3 is 0 Å². The predicted octanol–water partition coefficient (Wildman–Crippen LogP) is 3.18. The van der Waals surface area contributed by atoms with Crippen LogP contribution < -0.4 is 15.2 Å². The van der Waals surface area contributed by atoms with Crippen LogP contribution in [0.2, 0.25) is 0 Å². The average Bonchev–Trinajstić information content (AvgIpc) is 2.76. The first-order valence-electron chi connectivity index (χ1n) is 6.37. The first kappa shape index (κ1) is 12.5. The standard InChI is InChI=1S/C15H17NO2S/c1-9-7-10(2)19-15(9)14(16)11-3-4-12-13(8-11)18-6-5-17-12/h3-4,7-8,14H,5-6,16H2,1-2H3. The molecule has 1 aromatic carbocycles. The largest absolute Gasteiger partial charge is 0.486 e. The second-order valence-electron chi connectivity index (χ2n) is 4.79. The molecular weight excluding hydrogens is 258 g/mol. The molecule has 0 saturated heterocycles. The molecule has 0 radical (unpaired) electrons. The Morgan fingerprint density at radius 2 is 1.84 bits per heavy atom. The van der Waals surface area contributed by atoms with Gasteiger partial charge in [0.05, 0.1) is 6.04 Å². The third-order valence-corrected chi connectivity index (χ3v) is 4.52. The third kappa shape index (κ3) is 2.33. The summed E-state index contributed by atoms with van der Waals surface area (Å²) < 4.78 is 11.1. The Morgan fingerprint density at radius 3 is 2.53 bits per heavy atom. The second kappa shape index (κ2) is 4.87. The summed E-state index contributed by atoms with van der Waals surface area (Å²) >= 11 is 1.76. The first-order chi connectivity index (χ1) is 9.15. The van der Waals surface area contributed by atoms with E-state index in [1.807, 2.05) is 18.2 Å². The number of benzene rings is 1. The molecule has 1 aromatic heterocycles. The molecule has 2 aromatic rings. The summed E-state index contributed by atoms with van der Waals surface area (Å²) in [6.07, 6.45) is 0. The zero-order valence-corrected chi connectivity index (χ0v) is 11.9. The van der Waals surface area contributed by atoms with E-state index in [4.69, 9.17) is 15.2 Å². The van der Waals surface area contributed by atoms with Crippen molar-refractivity contribution in [3.8, 4) is 11.5 Å². The highest BCUT2D eigenvalue weighted by Crippen LogP contribution is 2.36. The minimum Gasteiger partial charge on any atom is -0.486 e. The Balaban J connectivity index is 1.95. The molecule has 2 N–H and O–H groups in total. The molecule has 2 heterocycles. The van der Waals surface area contributed by atoms with Crippen LogP contribution in [0.1, 0.15) is 26.9 Å². The Labute approximate surface area is 117 Å². The second-order valence-corrected chi connectivity index (χ2v) is 6.07. The normalized spacial score (nSPS) is 15.3. The van der Waals surface area contributed by atoms with Crippen molar-refractivity contribution < 1.29 is 9.47 Å². The van der Waals surface area contributed by atoms with E-state index in [-0.39, 0.29) is 6.04 Å². The zero-order valence-electron chi connectivity index (χ0n) is 11.1. The summed E-state index contributed by atoms with van der Waals surface area (Å²) in [5.74, 6) is 1.60. The van der Waals surface area contributed by atoms with Gasteiger partial charge < -0.3 is 15.2 Å². The highest BCUT2D eigenvalue weighted by atomic mass is 32.1. The lowest BCUT2D eigenvalue weighted by molar-refractivity contribution is 0.171. The molecule has 3 nitrogen and oxygen atoms in total. The van der Waals surface area contributed by atoms with Crippen molar-refractivity contribution in [1.29, 1.82) is 0 Å². The Bertz CT molecular complexity index is 606. The lowest BCUT2D eigenvalue weighted by atomic mass is 10.0. The number of hydrogen-bond donors (Lipinski definition) is 1. The van der Waals surface area contributed by atoms with E-state index in [0.29, 0.717) is 13.2 Å². The number of nitrogens with two attached hydrogens (primary N) is 1. The molecule has 0 fully saturated rings. The highest BCUT2D eigenvalue weighted by Gasteiger charge is 2.18. The van der Waals surface area contributed by atoms with Gasteiger partial charge in [-0.25, -0.2) is 0 Å². The molecule has 1 atom stereocenters. The quantitative estimate of drug-likeness (QED) is 0.915. The van der Waals surface area contributed by atoms with E-state index in [2.05, 4.69) is 19.9 Å². The van der Waals surface area contributed by atoms with Gasteiger partial charge in [-0.2, -0.15) is 0 Å². The van der Waals surface area contributed by atoms with Crippen molar-refractivity contribution in [2.24, 2.45) is 5.73 Å². The topological polar surface area (TPSA) is 44.5 Å². The van der Waals surface area contributed by atoms with E-state index < -0.39 is 0 Å². The van der Waals surface area contributed by atoms with Gasteiger partial charge in [-0.05, 0) is 43.2 Å². The summed E-state index contributed by atoms with van der Waals surface area (Å²) in [5, 5.41) is 0. The van der Waals surface area contributed by atoms with E-state index in [1.54, 1.807) is 11.3 Å². The predicted molar refractivity (Wildman–Crippen MR) is 77.3 cm³/mol. The number of ether oxygens (including phenoxy) is 2. The molecule has 0 amide bonds. The van der Waals surface area contributed by atoms with E-state index in [9.17, 15) is 0 Å². The summed E-state index contributed by atoms with van der Waals surface area (Å²) in [7, 11) is 0. The van der Waals surface area contributed by atoms with Crippen molar-refractivity contribution in [2.75, 3.05) is 13.2 Å². The van der Waals surface area contributed by atoms with Crippen LogP contribution in [0, 0.1) is 13.8 Å². The maximum Gasteiger partial charge on any atom is 0.161 e. The highest BCUT2D eigenvalue weighted by molar-refractivity contribution is 7.12. The van der Waals surface area contributed by atoms with Crippen molar-refractivity contribution in [1.82, 2.24) is 0 Å². The van der Waals surface area contributed by atoms with Gasteiger partial charge in [-0.15, -0.1) is 11.3 Å². The van der Waals surface area contributed by atoms with E-state index >= 15 is 0 Å². The molecule has 1 aliphatic heterocycles. The summed E-state index contributed by atoms with van der Waals surface area (Å²) in [6, 6.07) is 8.03. The van der Waals surface area contributed by atoms with E-state index in [0.717, 1.165) is 17.1 Å². The van der Waals surface area contributed by atoms with Gasteiger partial charge in [0.1, 0.15) is 13.2 Å². The smallest absolute Gasteiger partial charge is 0.161 e.